The van der Waals surface area contributed by atoms with E-state index >= 15 is 0 Å². The fourth-order valence-corrected chi connectivity index (χ4v) is 2.99. The highest BCUT2D eigenvalue weighted by Crippen LogP contribution is 2.31. The van der Waals surface area contributed by atoms with Crippen LogP contribution in [-0.4, -0.2) is 0 Å². The largest absolute Gasteiger partial charge is 0.379 e. The average Bonchev–Trinajstić information content (AvgIpc) is 2.31. The van der Waals surface area contributed by atoms with E-state index in [1.54, 1.807) is 6.07 Å². The van der Waals surface area contributed by atoms with Crippen molar-refractivity contribution < 1.29 is 4.39 Å². The molecule has 18 heavy (non-hydrogen) atoms. The summed E-state index contributed by atoms with van der Waals surface area (Å²) in [6.45, 7) is 2.57. The van der Waals surface area contributed by atoms with Crippen molar-refractivity contribution in [3.8, 4) is 0 Å². The highest BCUT2D eigenvalue weighted by Gasteiger charge is 2.05. The molecule has 0 unspecified atom stereocenters. The Bertz CT molecular complexity index is 549. The Morgan fingerprint density at radius 1 is 1.11 bits per heavy atom. The van der Waals surface area contributed by atoms with Crippen molar-refractivity contribution in [1.29, 1.82) is 0 Å². The van der Waals surface area contributed by atoms with Crippen LogP contribution in [-0.2, 0) is 6.54 Å². The van der Waals surface area contributed by atoms with Crippen LogP contribution in [0.4, 0.5) is 10.1 Å². The van der Waals surface area contributed by atoms with Crippen LogP contribution in [0, 0.1) is 12.7 Å². The minimum absolute atomic E-state index is 0.196. The summed E-state index contributed by atoms with van der Waals surface area (Å²) in [7, 11) is 0. The van der Waals surface area contributed by atoms with E-state index < -0.39 is 0 Å². The number of halogens is 3. The molecule has 0 amide bonds. The molecule has 0 fully saturated rings. The van der Waals surface area contributed by atoms with Crippen molar-refractivity contribution in [2.45, 2.75) is 13.5 Å². The lowest BCUT2D eigenvalue weighted by molar-refractivity contribution is 0.625. The van der Waals surface area contributed by atoms with Gasteiger partial charge in [-0.05, 0) is 74.2 Å². The molecule has 1 N–H and O–H groups in total. The second-order valence-electron chi connectivity index (χ2n) is 4.02. The number of rotatable bonds is 3. The van der Waals surface area contributed by atoms with Gasteiger partial charge in [-0.15, -0.1) is 0 Å². The van der Waals surface area contributed by atoms with E-state index in [0.29, 0.717) is 6.54 Å². The quantitative estimate of drug-likeness (QED) is 0.773. The molecule has 0 aliphatic carbocycles. The molecule has 0 spiro atoms. The molecular formula is C14H12Br2FN. The Hall–Kier alpha value is -0.870. The van der Waals surface area contributed by atoms with Gasteiger partial charge in [-0.25, -0.2) is 4.39 Å². The third-order valence-corrected chi connectivity index (χ3v) is 4.04. The van der Waals surface area contributed by atoms with E-state index in [-0.39, 0.29) is 5.82 Å². The monoisotopic (exact) mass is 371 g/mol. The Morgan fingerprint density at radius 3 is 2.39 bits per heavy atom. The normalized spacial score (nSPS) is 10.4. The maximum atomic E-state index is 13.0. The highest BCUT2D eigenvalue weighted by molar-refractivity contribution is 9.11. The zero-order chi connectivity index (χ0) is 13.1. The number of para-hydroxylation sites is 1. The molecular weight excluding hydrogens is 361 g/mol. The van der Waals surface area contributed by atoms with Crippen LogP contribution in [0.15, 0.2) is 45.3 Å². The summed E-state index contributed by atoms with van der Waals surface area (Å²) in [5.74, 6) is -0.196. The average molecular weight is 373 g/mol. The number of hydrogen-bond donors (Lipinski definition) is 1. The molecule has 0 heterocycles. The fourth-order valence-electron chi connectivity index (χ4n) is 1.71. The molecule has 4 heteroatoms. The van der Waals surface area contributed by atoms with Crippen molar-refractivity contribution in [2.24, 2.45) is 0 Å². The Kier molecular flexibility index (Phi) is 4.40. The van der Waals surface area contributed by atoms with E-state index in [1.807, 2.05) is 31.2 Å². The van der Waals surface area contributed by atoms with Crippen LogP contribution >= 0.6 is 31.9 Å². The topological polar surface area (TPSA) is 12.0 Å². The minimum atomic E-state index is -0.196. The third kappa shape index (κ3) is 3.12. The molecule has 0 aromatic heterocycles. The molecule has 2 rings (SSSR count). The van der Waals surface area contributed by atoms with Crippen LogP contribution in [0.5, 0.6) is 0 Å². The number of hydrogen-bond acceptors (Lipinski definition) is 1. The van der Waals surface area contributed by atoms with Crippen molar-refractivity contribution >= 4 is 37.5 Å². The van der Waals surface area contributed by atoms with E-state index in [1.165, 1.54) is 6.07 Å². The van der Waals surface area contributed by atoms with Gasteiger partial charge in [0.05, 0.1) is 5.69 Å². The summed E-state index contributed by atoms with van der Waals surface area (Å²) in [6.07, 6.45) is 0. The first-order valence-electron chi connectivity index (χ1n) is 5.51. The summed E-state index contributed by atoms with van der Waals surface area (Å²) < 4.78 is 15.0. The summed E-state index contributed by atoms with van der Waals surface area (Å²) in [5, 5.41) is 3.34. The number of aryl methyl sites for hydroxylation is 1. The predicted molar refractivity (Wildman–Crippen MR) is 80.3 cm³/mol. The lowest BCUT2D eigenvalue weighted by Crippen LogP contribution is -2.02. The minimum Gasteiger partial charge on any atom is -0.379 e. The van der Waals surface area contributed by atoms with Crippen molar-refractivity contribution in [2.75, 3.05) is 5.32 Å². The molecule has 0 radical (unpaired) electrons. The number of nitrogens with one attached hydrogen (secondary N) is 1. The van der Waals surface area contributed by atoms with Crippen LogP contribution in [0.25, 0.3) is 0 Å². The first-order chi connectivity index (χ1) is 8.58. The summed E-state index contributed by atoms with van der Waals surface area (Å²) in [5.41, 5.74) is 3.03. The number of benzene rings is 2. The van der Waals surface area contributed by atoms with Crippen molar-refractivity contribution in [3.63, 3.8) is 0 Å². The lowest BCUT2D eigenvalue weighted by Gasteiger charge is -2.12. The Balaban J connectivity index is 2.16. The summed E-state index contributed by atoms with van der Waals surface area (Å²) >= 11 is 7.00. The van der Waals surface area contributed by atoms with Crippen LogP contribution in [0.3, 0.4) is 0 Å². The summed E-state index contributed by atoms with van der Waals surface area (Å²) in [4.78, 5) is 0. The Morgan fingerprint density at radius 2 is 1.78 bits per heavy atom. The van der Waals surface area contributed by atoms with E-state index in [0.717, 1.165) is 25.8 Å². The zero-order valence-electron chi connectivity index (χ0n) is 9.81. The van der Waals surface area contributed by atoms with Gasteiger partial charge in [-0.3, -0.25) is 0 Å². The second-order valence-corrected chi connectivity index (χ2v) is 5.73. The van der Waals surface area contributed by atoms with Gasteiger partial charge in [0.1, 0.15) is 5.82 Å². The molecule has 0 aliphatic heterocycles. The third-order valence-electron chi connectivity index (χ3n) is 2.72. The molecule has 0 bridgehead atoms. The van der Waals surface area contributed by atoms with Crippen LogP contribution in [0.2, 0.25) is 0 Å². The molecule has 0 saturated carbocycles. The van der Waals surface area contributed by atoms with Gasteiger partial charge >= 0.3 is 0 Å². The molecule has 0 atom stereocenters. The molecule has 0 saturated heterocycles. The maximum absolute atomic E-state index is 13.0. The molecule has 2 aromatic carbocycles. The standard InChI is InChI=1S/C14H12Br2FN/c1-9-7-11(17)6-5-10(9)8-18-14-12(15)3-2-4-13(14)16/h2-7,18H,8H2,1H3. The van der Waals surface area contributed by atoms with Gasteiger partial charge in [0, 0.05) is 15.5 Å². The van der Waals surface area contributed by atoms with E-state index in [9.17, 15) is 4.39 Å². The zero-order valence-corrected chi connectivity index (χ0v) is 13.0. The van der Waals surface area contributed by atoms with Crippen LogP contribution < -0.4 is 5.32 Å². The van der Waals surface area contributed by atoms with E-state index in [2.05, 4.69) is 37.2 Å². The Labute approximate surface area is 123 Å². The summed E-state index contributed by atoms with van der Waals surface area (Å²) in [6, 6.07) is 10.8. The first-order valence-corrected chi connectivity index (χ1v) is 7.09. The SMILES string of the molecule is Cc1cc(F)ccc1CNc1c(Br)cccc1Br. The van der Waals surface area contributed by atoms with Crippen molar-refractivity contribution in [1.82, 2.24) is 0 Å². The van der Waals surface area contributed by atoms with E-state index in [4.69, 9.17) is 0 Å². The number of anilines is 1. The first kappa shape index (κ1) is 13.6. The molecule has 2 aromatic rings. The molecule has 1 nitrogen and oxygen atoms in total. The molecule has 94 valence electrons. The van der Waals surface area contributed by atoms with Crippen molar-refractivity contribution in [3.05, 3.63) is 62.3 Å². The van der Waals surface area contributed by atoms with Gasteiger partial charge in [-0.2, -0.15) is 0 Å². The predicted octanol–water partition coefficient (Wildman–Crippen LogP) is 5.27. The fraction of sp³-hybridized carbons (Fsp3) is 0.143. The van der Waals surface area contributed by atoms with Gasteiger partial charge in [0.25, 0.3) is 0 Å². The van der Waals surface area contributed by atoms with Gasteiger partial charge in [0.2, 0.25) is 0 Å². The molecule has 0 aliphatic rings. The lowest BCUT2D eigenvalue weighted by atomic mass is 10.1. The van der Waals surface area contributed by atoms with Gasteiger partial charge in [-0.1, -0.05) is 12.1 Å². The van der Waals surface area contributed by atoms with Gasteiger partial charge < -0.3 is 5.32 Å². The second kappa shape index (κ2) is 5.85. The van der Waals surface area contributed by atoms with Gasteiger partial charge in [0.15, 0.2) is 0 Å². The van der Waals surface area contributed by atoms with Crippen LogP contribution in [0.1, 0.15) is 11.1 Å². The highest BCUT2D eigenvalue weighted by atomic mass is 79.9. The maximum Gasteiger partial charge on any atom is 0.123 e. The smallest absolute Gasteiger partial charge is 0.123 e.